The maximum atomic E-state index is 5.34. The molecule has 1 aliphatic heterocycles. The van der Waals surface area contributed by atoms with Crippen molar-refractivity contribution in [3.8, 4) is 5.75 Å². The topological polar surface area (TPSA) is 21.3 Å². The predicted octanol–water partition coefficient (Wildman–Crippen LogP) is 2.22. The molecule has 0 saturated heterocycles. The van der Waals surface area contributed by atoms with Crippen LogP contribution >= 0.6 is 28.1 Å². The van der Waals surface area contributed by atoms with Crippen molar-refractivity contribution >= 4 is 33.3 Å². The lowest BCUT2D eigenvalue weighted by Gasteiger charge is -2.19. The van der Waals surface area contributed by atoms with Crippen LogP contribution in [0.4, 0.5) is 0 Å². The minimum absolute atomic E-state index is 0.439. The Morgan fingerprint density at radius 3 is 3.17 bits per heavy atom. The summed E-state index contributed by atoms with van der Waals surface area (Å²) in [5.74, 6) is 0.834. The van der Waals surface area contributed by atoms with Gasteiger partial charge in [0.2, 0.25) is 0 Å². The number of para-hydroxylation sites is 1. The molecule has 0 aromatic heterocycles. The summed E-state index contributed by atoms with van der Waals surface area (Å²) in [4.78, 5) is 0. The number of nitrogens with one attached hydrogen (secondary N) is 1. The monoisotopic (exact) mass is 243 g/mol. The van der Waals surface area contributed by atoms with Crippen LogP contribution < -0.4 is 10.1 Å². The van der Waals surface area contributed by atoms with E-state index in [-0.39, 0.29) is 0 Å². The minimum atomic E-state index is 0.439. The maximum Gasteiger partial charge on any atom is 0.262 e. The predicted molar refractivity (Wildman–Crippen MR) is 54.2 cm³/mol. The molecular weight excluding hydrogens is 238 g/mol. The van der Waals surface area contributed by atoms with Crippen molar-refractivity contribution in [2.45, 2.75) is 6.54 Å². The summed E-state index contributed by atoms with van der Waals surface area (Å²) in [7, 11) is 0. The summed E-state index contributed by atoms with van der Waals surface area (Å²) in [5, 5.41) is 3.39. The summed E-state index contributed by atoms with van der Waals surface area (Å²) in [6.07, 6.45) is 0. The van der Waals surface area contributed by atoms with Gasteiger partial charge in [0.25, 0.3) is 5.17 Å². The highest BCUT2D eigenvalue weighted by Crippen LogP contribution is 2.30. The number of fused-ring (bicyclic) bond motifs is 1. The van der Waals surface area contributed by atoms with Crippen LogP contribution in [0.2, 0.25) is 0 Å². The third-order valence-electron chi connectivity index (χ3n) is 1.67. The molecule has 0 radical (unpaired) electrons. The quantitative estimate of drug-likeness (QED) is 0.707. The third-order valence-corrected chi connectivity index (χ3v) is 2.52. The summed E-state index contributed by atoms with van der Waals surface area (Å²) in [6, 6.07) is 5.92. The van der Waals surface area contributed by atoms with Gasteiger partial charge in [-0.15, -0.1) is 0 Å². The second-order valence-electron chi connectivity index (χ2n) is 2.47. The summed E-state index contributed by atoms with van der Waals surface area (Å²) < 4.78 is 6.28. The van der Waals surface area contributed by atoms with E-state index in [9.17, 15) is 0 Å². The molecule has 12 heavy (non-hydrogen) atoms. The molecule has 2 nitrogen and oxygen atoms in total. The Hall–Kier alpha value is -0.610. The Morgan fingerprint density at radius 2 is 2.33 bits per heavy atom. The Balaban J connectivity index is 2.50. The normalized spacial score (nSPS) is 14.6. The molecule has 0 amide bonds. The SMILES string of the molecule is S=C1NCc2cccc(Br)c2O1. The molecule has 4 heteroatoms. The van der Waals surface area contributed by atoms with Crippen molar-refractivity contribution in [3.05, 3.63) is 28.2 Å². The van der Waals surface area contributed by atoms with Crippen molar-refractivity contribution in [2.75, 3.05) is 0 Å². The molecular formula is C8H6BrNOS. The third kappa shape index (κ3) is 1.32. The van der Waals surface area contributed by atoms with Gasteiger partial charge in [-0.2, -0.15) is 0 Å². The van der Waals surface area contributed by atoms with Crippen molar-refractivity contribution in [2.24, 2.45) is 0 Å². The largest absolute Gasteiger partial charge is 0.430 e. The number of hydrogen-bond acceptors (Lipinski definition) is 2. The van der Waals surface area contributed by atoms with Gasteiger partial charge >= 0.3 is 0 Å². The zero-order chi connectivity index (χ0) is 8.55. The first-order valence-corrected chi connectivity index (χ1v) is 4.70. The minimum Gasteiger partial charge on any atom is -0.430 e. The van der Waals surface area contributed by atoms with Gasteiger partial charge in [0.05, 0.1) is 4.47 Å². The Labute approximate surface area is 84.0 Å². The van der Waals surface area contributed by atoms with E-state index < -0.39 is 0 Å². The molecule has 0 saturated carbocycles. The molecule has 0 unspecified atom stereocenters. The van der Waals surface area contributed by atoms with Crippen LogP contribution in [0.15, 0.2) is 22.7 Å². The van der Waals surface area contributed by atoms with Crippen LogP contribution in [-0.4, -0.2) is 5.17 Å². The van der Waals surface area contributed by atoms with Gasteiger partial charge in [-0.3, -0.25) is 0 Å². The first-order valence-electron chi connectivity index (χ1n) is 3.50. The number of hydrogen-bond donors (Lipinski definition) is 1. The average molecular weight is 244 g/mol. The fraction of sp³-hybridized carbons (Fsp3) is 0.125. The number of rotatable bonds is 0. The molecule has 1 heterocycles. The van der Waals surface area contributed by atoms with Crippen LogP contribution in [0.5, 0.6) is 5.75 Å². The number of benzene rings is 1. The summed E-state index contributed by atoms with van der Waals surface area (Å²) in [5.41, 5.74) is 1.12. The van der Waals surface area contributed by atoms with Gasteiger partial charge in [0.1, 0.15) is 5.75 Å². The van der Waals surface area contributed by atoms with Crippen molar-refractivity contribution < 1.29 is 4.74 Å². The smallest absolute Gasteiger partial charge is 0.262 e. The summed E-state index contributed by atoms with van der Waals surface area (Å²) >= 11 is 8.28. The zero-order valence-corrected chi connectivity index (χ0v) is 8.54. The van der Waals surface area contributed by atoms with Gasteiger partial charge in [0, 0.05) is 12.1 Å². The van der Waals surface area contributed by atoms with E-state index in [1.54, 1.807) is 0 Å². The second kappa shape index (κ2) is 3.03. The van der Waals surface area contributed by atoms with Crippen LogP contribution in [0.25, 0.3) is 0 Å². The lowest BCUT2D eigenvalue weighted by molar-refractivity contribution is 0.494. The molecule has 0 bridgehead atoms. The van der Waals surface area contributed by atoms with Gasteiger partial charge < -0.3 is 10.1 Å². The van der Waals surface area contributed by atoms with E-state index in [0.717, 1.165) is 22.3 Å². The maximum absolute atomic E-state index is 5.34. The van der Waals surface area contributed by atoms with Gasteiger partial charge in [0.15, 0.2) is 0 Å². The highest BCUT2D eigenvalue weighted by Gasteiger charge is 2.15. The number of ether oxygens (including phenoxy) is 1. The van der Waals surface area contributed by atoms with Gasteiger partial charge in [-0.25, -0.2) is 0 Å². The van der Waals surface area contributed by atoms with Gasteiger partial charge in [-0.05, 0) is 34.2 Å². The van der Waals surface area contributed by atoms with Crippen molar-refractivity contribution in [1.82, 2.24) is 5.32 Å². The lowest BCUT2D eigenvalue weighted by Crippen LogP contribution is -2.31. The van der Waals surface area contributed by atoms with E-state index in [1.807, 2.05) is 18.2 Å². The van der Waals surface area contributed by atoms with Crippen LogP contribution in [0.1, 0.15) is 5.56 Å². The molecule has 0 aliphatic carbocycles. The highest BCUT2D eigenvalue weighted by atomic mass is 79.9. The summed E-state index contributed by atoms with van der Waals surface area (Å²) in [6.45, 7) is 0.744. The first-order chi connectivity index (χ1) is 5.77. The molecule has 1 aromatic carbocycles. The van der Waals surface area contributed by atoms with Crippen LogP contribution in [-0.2, 0) is 6.54 Å². The molecule has 1 aliphatic rings. The zero-order valence-electron chi connectivity index (χ0n) is 6.13. The Morgan fingerprint density at radius 1 is 1.50 bits per heavy atom. The van der Waals surface area contributed by atoms with E-state index >= 15 is 0 Å². The number of halogens is 1. The van der Waals surface area contributed by atoms with Gasteiger partial charge in [-0.1, -0.05) is 12.1 Å². The molecule has 1 N–H and O–H groups in total. The molecule has 62 valence electrons. The number of thiocarbonyl (C=S) groups is 1. The highest BCUT2D eigenvalue weighted by molar-refractivity contribution is 9.10. The average Bonchev–Trinajstić information content (AvgIpc) is 2.07. The fourth-order valence-electron chi connectivity index (χ4n) is 1.10. The van der Waals surface area contributed by atoms with Crippen molar-refractivity contribution in [1.29, 1.82) is 0 Å². The fourth-order valence-corrected chi connectivity index (χ4v) is 1.75. The molecule has 0 atom stereocenters. The van der Waals surface area contributed by atoms with E-state index in [1.165, 1.54) is 0 Å². The Bertz CT molecular complexity index is 340. The second-order valence-corrected chi connectivity index (χ2v) is 3.70. The van der Waals surface area contributed by atoms with Crippen molar-refractivity contribution in [3.63, 3.8) is 0 Å². The van der Waals surface area contributed by atoms with Crippen LogP contribution in [0, 0.1) is 0 Å². The van der Waals surface area contributed by atoms with Crippen LogP contribution in [0.3, 0.4) is 0 Å². The Kier molecular flexibility index (Phi) is 2.02. The van der Waals surface area contributed by atoms with E-state index in [4.69, 9.17) is 17.0 Å². The van der Waals surface area contributed by atoms with E-state index in [2.05, 4.69) is 21.2 Å². The molecule has 0 spiro atoms. The molecule has 2 rings (SSSR count). The molecule has 1 aromatic rings. The first kappa shape index (κ1) is 8.01. The molecule has 0 fully saturated rings. The standard InChI is InChI=1S/C8H6BrNOS/c9-6-3-1-2-5-4-10-8(12)11-7(5)6/h1-3H,4H2,(H,10,12). The lowest BCUT2D eigenvalue weighted by atomic mass is 10.2. The van der Waals surface area contributed by atoms with E-state index in [0.29, 0.717) is 5.17 Å².